The van der Waals surface area contributed by atoms with Crippen molar-refractivity contribution >= 4 is 51.4 Å². The number of amides is 2. The summed E-state index contributed by atoms with van der Waals surface area (Å²) in [4.78, 5) is 26.7. The molecule has 0 saturated carbocycles. The van der Waals surface area contributed by atoms with Crippen LogP contribution >= 0.6 is 23.4 Å². The summed E-state index contributed by atoms with van der Waals surface area (Å²) in [6, 6.07) is 24.6. The van der Waals surface area contributed by atoms with Gasteiger partial charge in [-0.15, -0.1) is 0 Å². The van der Waals surface area contributed by atoms with Crippen LogP contribution in [0.3, 0.4) is 0 Å². The number of carbonyl (C=O) groups is 2. The number of imide groups is 1. The Bertz CT molecular complexity index is 1370. The standard InChI is InChI=1S/C26H18ClNO4S/c27-19-10-8-18(9-11-19)22-13-12-20(32-22)16-24-25(29)28(26(30)33-24)14-15-31-23-7-3-5-17-4-1-2-6-21(17)23/h1-13,16H,14-15H2/b24-16-. The minimum absolute atomic E-state index is 0.166. The van der Waals surface area contributed by atoms with Gasteiger partial charge in [-0.25, -0.2) is 0 Å². The highest BCUT2D eigenvalue weighted by Gasteiger charge is 2.35. The first-order valence-corrected chi connectivity index (χ1v) is 11.5. The number of fused-ring (bicyclic) bond motifs is 1. The number of furan rings is 1. The molecular formula is C26H18ClNO4S. The van der Waals surface area contributed by atoms with Crippen molar-refractivity contribution < 1.29 is 18.7 Å². The average Bonchev–Trinajstić information content (AvgIpc) is 3.39. The summed E-state index contributed by atoms with van der Waals surface area (Å²) >= 11 is 6.83. The first kappa shape index (κ1) is 21.4. The van der Waals surface area contributed by atoms with Gasteiger partial charge < -0.3 is 9.15 Å². The van der Waals surface area contributed by atoms with Crippen molar-refractivity contribution in [1.82, 2.24) is 4.90 Å². The van der Waals surface area contributed by atoms with Gasteiger partial charge in [0.05, 0.1) is 11.4 Å². The van der Waals surface area contributed by atoms with Gasteiger partial charge in [-0.1, -0.05) is 48.0 Å². The molecule has 5 nitrogen and oxygen atoms in total. The highest BCUT2D eigenvalue weighted by atomic mass is 35.5. The van der Waals surface area contributed by atoms with Crippen LogP contribution in [0.15, 0.2) is 88.2 Å². The normalized spacial score (nSPS) is 15.1. The van der Waals surface area contributed by atoms with Crippen LogP contribution in [0.25, 0.3) is 28.2 Å². The van der Waals surface area contributed by atoms with Gasteiger partial charge in [0.25, 0.3) is 11.1 Å². The van der Waals surface area contributed by atoms with Crippen molar-refractivity contribution in [3.63, 3.8) is 0 Å². The summed E-state index contributed by atoms with van der Waals surface area (Å²) in [7, 11) is 0. The lowest BCUT2D eigenvalue weighted by atomic mass is 10.1. The Morgan fingerprint density at radius 2 is 1.73 bits per heavy atom. The minimum Gasteiger partial charge on any atom is -0.491 e. The van der Waals surface area contributed by atoms with Gasteiger partial charge in [0.1, 0.15) is 23.9 Å². The first-order valence-electron chi connectivity index (χ1n) is 10.3. The Morgan fingerprint density at radius 3 is 2.58 bits per heavy atom. The molecule has 5 rings (SSSR count). The Balaban J connectivity index is 1.25. The number of hydrogen-bond donors (Lipinski definition) is 0. The quantitative estimate of drug-likeness (QED) is 0.285. The summed E-state index contributed by atoms with van der Waals surface area (Å²) in [5.41, 5.74) is 0.873. The molecule has 0 N–H and O–H groups in total. The smallest absolute Gasteiger partial charge is 0.293 e. The van der Waals surface area contributed by atoms with Gasteiger partial charge in [-0.3, -0.25) is 14.5 Å². The lowest BCUT2D eigenvalue weighted by molar-refractivity contribution is -0.123. The molecule has 3 aromatic carbocycles. The van der Waals surface area contributed by atoms with Crippen LogP contribution in [0.1, 0.15) is 5.76 Å². The van der Waals surface area contributed by atoms with E-state index in [1.165, 1.54) is 4.90 Å². The second-order valence-electron chi connectivity index (χ2n) is 7.37. The van der Waals surface area contributed by atoms with Crippen LogP contribution in [0.4, 0.5) is 4.79 Å². The van der Waals surface area contributed by atoms with E-state index < -0.39 is 0 Å². The molecule has 1 fully saturated rings. The zero-order chi connectivity index (χ0) is 22.8. The summed E-state index contributed by atoms with van der Waals surface area (Å²) in [5.74, 6) is 1.52. The second-order valence-corrected chi connectivity index (χ2v) is 8.80. The number of carbonyl (C=O) groups excluding carboxylic acids is 2. The molecule has 0 spiro atoms. The van der Waals surface area contributed by atoms with Crippen molar-refractivity contribution in [2.75, 3.05) is 13.2 Å². The lowest BCUT2D eigenvalue weighted by Gasteiger charge is -2.14. The molecule has 0 aliphatic carbocycles. The van der Waals surface area contributed by atoms with Crippen molar-refractivity contribution in [3.05, 3.63) is 94.6 Å². The van der Waals surface area contributed by atoms with Gasteiger partial charge in [-0.05, 0) is 59.6 Å². The summed E-state index contributed by atoms with van der Waals surface area (Å²) in [6.45, 7) is 0.375. The van der Waals surface area contributed by atoms with Crippen molar-refractivity contribution in [3.8, 4) is 17.1 Å². The first-order chi connectivity index (χ1) is 16.1. The van der Waals surface area contributed by atoms with E-state index in [1.807, 2.05) is 60.7 Å². The second kappa shape index (κ2) is 9.17. The molecule has 1 aliphatic heterocycles. The third-order valence-corrected chi connectivity index (χ3v) is 6.38. The fourth-order valence-electron chi connectivity index (χ4n) is 3.59. The minimum atomic E-state index is -0.351. The van der Waals surface area contributed by atoms with Gasteiger partial charge in [0.2, 0.25) is 0 Å². The zero-order valence-corrected chi connectivity index (χ0v) is 18.9. The van der Waals surface area contributed by atoms with Crippen LogP contribution in [0.5, 0.6) is 5.75 Å². The molecular weight excluding hydrogens is 458 g/mol. The summed E-state index contributed by atoms with van der Waals surface area (Å²) in [5, 5.41) is 2.38. The van der Waals surface area contributed by atoms with Gasteiger partial charge >= 0.3 is 0 Å². The van der Waals surface area contributed by atoms with Gasteiger partial charge in [-0.2, -0.15) is 0 Å². The Labute approximate surface area is 199 Å². The van der Waals surface area contributed by atoms with E-state index >= 15 is 0 Å². The Kier molecular flexibility index (Phi) is 5.94. The molecule has 0 atom stereocenters. The highest BCUT2D eigenvalue weighted by Crippen LogP contribution is 2.33. The van der Waals surface area contributed by atoms with Crippen LogP contribution in [0, 0.1) is 0 Å². The molecule has 0 radical (unpaired) electrons. The van der Waals surface area contributed by atoms with Crippen molar-refractivity contribution in [2.24, 2.45) is 0 Å². The van der Waals surface area contributed by atoms with E-state index in [0.29, 0.717) is 21.4 Å². The number of hydrogen-bond acceptors (Lipinski definition) is 5. The summed E-state index contributed by atoms with van der Waals surface area (Å²) in [6.07, 6.45) is 1.59. The third kappa shape index (κ3) is 4.53. The maximum Gasteiger partial charge on any atom is 0.293 e. The number of halogens is 1. The lowest BCUT2D eigenvalue weighted by Crippen LogP contribution is -2.32. The maximum absolute atomic E-state index is 12.8. The number of rotatable bonds is 6. The van der Waals surface area contributed by atoms with Crippen LogP contribution in [-0.2, 0) is 4.79 Å². The third-order valence-electron chi connectivity index (χ3n) is 5.22. The molecule has 0 unspecified atom stereocenters. The molecule has 164 valence electrons. The maximum atomic E-state index is 12.8. The van der Waals surface area contributed by atoms with E-state index in [1.54, 1.807) is 24.3 Å². The van der Waals surface area contributed by atoms with E-state index in [0.717, 1.165) is 33.8 Å². The van der Waals surface area contributed by atoms with Crippen LogP contribution in [0.2, 0.25) is 5.02 Å². The predicted octanol–water partition coefficient (Wildman–Crippen LogP) is 6.87. The number of nitrogens with zero attached hydrogens (tertiary/aromatic N) is 1. The van der Waals surface area contributed by atoms with E-state index in [9.17, 15) is 9.59 Å². The molecule has 2 amide bonds. The largest absolute Gasteiger partial charge is 0.491 e. The van der Waals surface area contributed by atoms with E-state index in [-0.39, 0.29) is 24.3 Å². The van der Waals surface area contributed by atoms with E-state index in [2.05, 4.69) is 0 Å². The molecule has 4 aromatic rings. The molecule has 7 heteroatoms. The molecule has 33 heavy (non-hydrogen) atoms. The summed E-state index contributed by atoms with van der Waals surface area (Å²) < 4.78 is 11.7. The highest BCUT2D eigenvalue weighted by molar-refractivity contribution is 8.18. The van der Waals surface area contributed by atoms with Gasteiger partial charge in [0, 0.05) is 22.0 Å². The van der Waals surface area contributed by atoms with E-state index in [4.69, 9.17) is 20.8 Å². The molecule has 1 aromatic heterocycles. The molecule has 0 bridgehead atoms. The number of thioether (sulfide) groups is 1. The zero-order valence-electron chi connectivity index (χ0n) is 17.4. The predicted molar refractivity (Wildman–Crippen MR) is 131 cm³/mol. The topological polar surface area (TPSA) is 59.8 Å². The van der Waals surface area contributed by atoms with Crippen molar-refractivity contribution in [1.29, 1.82) is 0 Å². The molecule has 2 heterocycles. The fraction of sp³-hybridized carbons (Fsp3) is 0.0769. The van der Waals surface area contributed by atoms with Gasteiger partial charge in [0.15, 0.2) is 0 Å². The number of benzene rings is 3. The molecule has 1 aliphatic rings. The SMILES string of the molecule is O=C1S/C(=C\c2ccc(-c3ccc(Cl)cc3)o2)C(=O)N1CCOc1cccc2ccccc12. The van der Waals surface area contributed by atoms with Crippen LogP contribution in [-0.4, -0.2) is 29.2 Å². The van der Waals surface area contributed by atoms with Crippen LogP contribution < -0.4 is 4.74 Å². The molecule has 1 saturated heterocycles. The fourth-order valence-corrected chi connectivity index (χ4v) is 4.56. The Morgan fingerprint density at radius 1 is 0.939 bits per heavy atom. The Hall–Kier alpha value is -3.48. The number of ether oxygens (including phenoxy) is 1. The monoisotopic (exact) mass is 475 g/mol. The van der Waals surface area contributed by atoms with Crippen molar-refractivity contribution in [2.45, 2.75) is 0 Å². The average molecular weight is 476 g/mol.